The van der Waals surface area contributed by atoms with Crippen molar-refractivity contribution in [1.29, 1.82) is 0 Å². The van der Waals surface area contributed by atoms with Crippen molar-refractivity contribution in [2.45, 2.75) is 0 Å². The summed E-state index contributed by atoms with van der Waals surface area (Å²) in [6, 6.07) is 74.4. The first kappa shape index (κ1) is 54.8. The molecule has 0 saturated heterocycles. The zero-order valence-corrected chi connectivity index (χ0v) is 52.0. The van der Waals surface area contributed by atoms with Gasteiger partial charge in [-0.1, -0.05) is 214 Å². The quantitative estimate of drug-likeness (QED) is 0.0705. The number of H-pyrrole nitrogens is 4. The Hall–Kier alpha value is -14.5. The van der Waals surface area contributed by atoms with Gasteiger partial charge in [0.15, 0.2) is 34.7 Å². The average Bonchev–Trinajstić information content (AvgIpc) is 1.57. The number of fused-ring (bicyclic) bond motifs is 40. The molecular formula is C78H44N20O2+2. The van der Waals surface area contributed by atoms with Gasteiger partial charge in [0.2, 0.25) is 22.6 Å². The molecule has 22 nitrogen and oxygen atoms in total. The molecule has 466 valence electrons. The Kier molecular flexibility index (Phi) is 11.5. The minimum atomic E-state index is 0.0695. The van der Waals surface area contributed by atoms with E-state index in [2.05, 4.69) is 19.9 Å². The summed E-state index contributed by atoms with van der Waals surface area (Å²) in [5.74, 6) is 2.20. The van der Waals surface area contributed by atoms with Gasteiger partial charge in [-0.2, -0.15) is 0 Å². The third-order valence-corrected chi connectivity index (χ3v) is 18.6. The van der Waals surface area contributed by atoms with Crippen LogP contribution in [0.1, 0.15) is 0 Å². The monoisotopic (exact) mass is 1290 g/mol. The second-order valence-corrected chi connectivity index (χ2v) is 24.4. The van der Waals surface area contributed by atoms with Crippen LogP contribution in [0.2, 0.25) is 0 Å². The number of nitrogens with zero attached hydrogens (tertiary/aromatic N) is 16. The highest BCUT2D eigenvalue weighted by Gasteiger charge is 2.38. The van der Waals surface area contributed by atoms with Gasteiger partial charge in [-0.15, -0.1) is 0 Å². The summed E-state index contributed by atoms with van der Waals surface area (Å²) in [4.78, 5) is 87.8. The van der Waals surface area contributed by atoms with Crippen LogP contribution in [0.4, 0.5) is 0 Å². The molecule has 21 rings (SSSR count). The molecular weight excluding hydrogens is 1250 g/mol. The van der Waals surface area contributed by atoms with Crippen molar-refractivity contribution < 1.29 is 19.9 Å². The predicted molar refractivity (Wildman–Crippen MR) is 378 cm³/mol. The molecule has 4 aliphatic heterocycles. The number of aromatic nitrogens is 20. The van der Waals surface area contributed by atoms with Crippen molar-refractivity contribution in [3.05, 3.63) is 231 Å². The molecule has 0 aliphatic carbocycles. The molecule has 100 heavy (non-hydrogen) atoms. The Labute approximate surface area is 562 Å². The van der Waals surface area contributed by atoms with Crippen LogP contribution in [0.15, 0.2) is 231 Å². The molecule has 0 atom stereocenters. The van der Waals surface area contributed by atoms with E-state index in [-0.39, 0.29) is 46.3 Å². The first-order valence-corrected chi connectivity index (χ1v) is 32.2. The molecule has 22 heteroatoms. The number of hydrogen-bond donors (Lipinski definition) is 6. The van der Waals surface area contributed by atoms with Crippen LogP contribution in [-0.2, 0) is 0 Å². The van der Waals surface area contributed by atoms with E-state index in [4.69, 9.17) is 69.8 Å². The van der Waals surface area contributed by atoms with Gasteiger partial charge in [0, 0.05) is 76.5 Å². The summed E-state index contributed by atoms with van der Waals surface area (Å²) in [6.45, 7) is 0. The molecule has 12 heterocycles. The zero-order chi connectivity index (χ0) is 65.8. The highest BCUT2D eigenvalue weighted by atomic mass is 16.5. The van der Waals surface area contributed by atoms with Crippen LogP contribution in [0.3, 0.4) is 0 Å². The predicted octanol–water partition coefficient (Wildman–Crippen LogP) is 14.6. The van der Waals surface area contributed by atoms with Gasteiger partial charge in [0.1, 0.15) is 34.0 Å². The largest absolute Gasteiger partial charge is 0.370 e. The maximum absolute atomic E-state index is 12.8. The fourth-order valence-electron chi connectivity index (χ4n) is 13.9. The summed E-state index contributed by atoms with van der Waals surface area (Å²) < 4.78 is 1.98. The van der Waals surface area contributed by atoms with E-state index in [1.54, 1.807) is 0 Å². The molecule has 17 aromatic rings. The Morgan fingerprint density at radius 1 is 0.190 bits per heavy atom. The van der Waals surface area contributed by atoms with E-state index < -0.39 is 0 Å². The van der Waals surface area contributed by atoms with Gasteiger partial charge in [-0.05, 0) is 45.9 Å². The van der Waals surface area contributed by atoms with E-state index in [9.17, 15) is 10.4 Å². The second kappa shape index (κ2) is 21.0. The summed E-state index contributed by atoms with van der Waals surface area (Å²) in [5.41, 5.74) is 13.2. The Balaban J connectivity index is 0.779. The van der Waals surface area contributed by atoms with Crippen LogP contribution >= 0.6 is 0 Å². The van der Waals surface area contributed by atoms with Gasteiger partial charge in [-0.25, -0.2) is 49.8 Å². The molecule has 0 fully saturated rings. The van der Waals surface area contributed by atoms with E-state index in [0.29, 0.717) is 108 Å². The third-order valence-electron chi connectivity index (χ3n) is 18.6. The molecule has 0 saturated carbocycles. The fourth-order valence-corrected chi connectivity index (χ4v) is 13.9. The molecule has 9 aromatic carbocycles. The number of nitrogens with one attached hydrogen (secondary N) is 4. The first-order valence-electron chi connectivity index (χ1n) is 32.2. The lowest BCUT2D eigenvalue weighted by Gasteiger charge is -2.13. The molecule has 0 unspecified atom stereocenters. The van der Waals surface area contributed by atoms with Crippen LogP contribution in [0.5, 0.6) is 0 Å². The van der Waals surface area contributed by atoms with E-state index >= 15 is 0 Å². The van der Waals surface area contributed by atoms with E-state index in [0.717, 1.165) is 80.4 Å². The number of rotatable bonds is 4. The van der Waals surface area contributed by atoms with Gasteiger partial charge >= 0.3 is 23.3 Å². The number of hydrogen-bond acceptors (Lipinski definition) is 16. The topological polar surface area (TPSA) is 292 Å². The van der Waals surface area contributed by atoms with Crippen molar-refractivity contribution in [2.24, 2.45) is 0 Å². The maximum Gasteiger partial charge on any atom is 0.331 e. The summed E-state index contributed by atoms with van der Waals surface area (Å²) in [7, 11) is 0. The van der Waals surface area contributed by atoms with Gasteiger partial charge in [0.25, 0.3) is 0 Å². The van der Waals surface area contributed by atoms with Gasteiger partial charge in [-0.3, -0.25) is 0 Å². The summed E-state index contributed by atoms with van der Waals surface area (Å²) in [5, 5.41) is 31.0. The van der Waals surface area contributed by atoms with Gasteiger partial charge in [0.05, 0.1) is 33.9 Å². The molecule has 4 aliphatic rings. The van der Waals surface area contributed by atoms with Crippen LogP contribution in [0, 0.1) is 0 Å². The standard InChI is InChI=1S/C78H42N20O2/c99-97-75-53-33-17-18-34-54(53)76(97)94-70-50-30-14-12-28-48(50)68(89-70)91-74-60-59(73(92-74)90-67-47-27-11-13-29-49(47)69(88-67)93-75)79-55(39-19-3-1-4-20-39)57(80-60)41-35-37-42(38-36-41)58-56(40-21-5-2-6-22-40)81-61-62(82-58)78-96-72-52-32-16-10-26-46(52)66(87-72)85-64-44-24-8-7-23-43(44)63(83-64)84-65-45-25-9-15-31-51(45)71(86-65)95-77(61)98(78)100/h1-38,99-100H,(H2,79,80,81,82,83,84,85,86,87,88,89,90,91,92,93,94,95,96)/p+2. The fraction of sp³-hybridized carbons (Fsp3) is 0. The SMILES string of the molecule is O[n+]1c2nc3[nH]c(nc4nc(nc5[nH]c(nc1-c1ccccc1-2)c1ccccc51)-c1nc(-c2ccc(-c5nc6c(nc5-c5ccccc5)-c5nc7[nH]c(nc8nc(nc9[nH]c(nc-6[n+]5O)c5ccccc95)-c5ccccc5-8)c5ccccc75)cc2)c(-c2ccccc2)nc1-4)c1ccccc31. The Bertz CT molecular complexity index is 6830. The normalized spacial score (nSPS) is 12.1. The second-order valence-electron chi connectivity index (χ2n) is 24.4. The molecule has 0 radical (unpaired) electrons. The minimum Gasteiger partial charge on any atom is -0.370 e. The van der Waals surface area contributed by atoms with Crippen molar-refractivity contribution >= 4 is 88.3 Å². The molecule has 0 amide bonds. The lowest BCUT2D eigenvalue weighted by Crippen LogP contribution is -2.32. The molecule has 0 spiro atoms. The van der Waals surface area contributed by atoms with Crippen molar-refractivity contribution in [3.63, 3.8) is 0 Å². The summed E-state index contributed by atoms with van der Waals surface area (Å²) >= 11 is 0. The van der Waals surface area contributed by atoms with Crippen molar-refractivity contribution in [3.8, 4) is 137 Å². The van der Waals surface area contributed by atoms with E-state index in [1.807, 2.05) is 231 Å². The van der Waals surface area contributed by atoms with Crippen molar-refractivity contribution in [2.75, 3.05) is 0 Å². The Morgan fingerprint density at radius 3 is 0.770 bits per heavy atom. The smallest absolute Gasteiger partial charge is 0.331 e. The molecule has 16 bridgehead atoms. The highest BCUT2D eigenvalue weighted by molar-refractivity contribution is 6.08. The number of aromatic amines is 4. The van der Waals surface area contributed by atoms with Crippen LogP contribution < -0.4 is 9.46 Å². The van der Waals surface area contributed by atoms with Crippen LogP contribution in [-0.4, -0.2) is 100 Å². The summed E-state index contributed by atoms with van der Waals surface area (Å²) in [6.07, 6.45) is 0. The highest BCUT2D eigenvalue weighted by Crippen LogP contribution is 2.43. The number of benzene rings is 9. The van der Waals surface area contributed by atoms with Gasteiger partial charge < -0.3 is 30.4 Å². The zero-order valence-electron chi connectivity index (χ0n) is 52.0. The lowest BCUT2D eigenvalue weighted by atomic mass is 9.99. The maximum atomic E-state index is 12.8. The molecule has 8 aromatic heterocycles. The lowest BCUT2D eigenvalue weighted by molar-refractivity contribution is -0.888. The molecule has 6 N–H and O–H groups in total. The average molecular weight is 1290 g/mol. The minimum absolute atomic E-state index is 0.0695. The van der Waals surface area contributed by atoms with E-state index in [1.165, 1.54) is 0 Å². The van der Waals surface area contributed by atoms with Crippen LogP contribution in [0.25, 0.3) is 225 Å². The van der Waals surface area contributed by atoms with Crippen molar-refractivity contribution in [1.82, 2.24) is 89.7 Å². The first-order chi connectivity index (χ1) is 49.3. The third kappa shape index (κ3) is 8.30. The Morgan fingerprint density at radius 2 is 0.430 bits per heavy atom.